The van der Waals surface area contributed by atoms with E-state index < -0.39 is 38.5 Å². The van der Waals surface area contributed by atoms with E-state index in [1.54, 1.807) is 43.3 Å². The number of hydrogen-bond donors (Lipinski definition) is 3. The van der Waals surface area contributed by atoms with E-state index in [9.17, 15) is 27.5 Å². The molecule has 252 valence electrons. The van der Waals surface area contributed by atoms with Crippen LogP contribution in [0.15, 0.2) is 124 Å². The first-order valence-corrected chi connectivity index (χ1v) is 17.5. The third-order valence-corrected chi connectivity index (χ3v) is 10.6. The summed E-state index contributed by atoms with van der Waals surface area (Å²) in [4.78, 5) is 28.3. The van der Waals surface area contributed by atoms with Gasteiger partial charge in [0.25, 0.3) is 5.91 Å². The van der Waals surface area contributed by atoms with Crippen molar-refractivity contribution in [3.63, 3.8) is 0 Å². The Morgan fingerprint density at radius 3 is 2.14 bits per heavy atom. The number of ether oxygens (including phenoxy) is 2. The van der Waals surface area contributed by atoms with E-state index in [-0.39, 0.29) is 34.0 Å². The first-order valence-electron chi connectivity index (χ1n) is 15.1. The molecule has 2 amide bonds. The average Bonchev–Trinajstić information content (AvgIpc) is 3.08. The van der Waals surface area contributed by atoms with Crippen molar-refractivity contribution >= 4 is 44.8 Å². The molecule has 0 fully saturated rings. The molecule has 0 radical (unpaired) electrons. The summed E-state index contributed by atoms with van der Waals surface area (Å²) >= 11 is 1.49. The predicted octanol–water partition coefficient (Wildman–Crippen LogP) is 8.24. The van der Waals surface area contributed by atoms with Crippen molar-refractivity contribution in [1.82, 2.24) is 0 Å². The molecule has 0 bridgehead atoms. The third kappa shape index (κ3) is 8.59. The summed E-state index contributed by atoms with van der Waals surface area (Å²) in [5, 5.41) is 14.5. The number of aryl methyl sites for hydroxylation is 1. The minimum absolute atomic E-state index is 0.00417. The zero-order chi connectivity index (χ0) is 35.1. The predicted molar refractivity (Wildman–Crippen MR) is 187 cm³/mol. The first kappa shape index (κ1) is 35.0. The van der Waals surface area contributed by atoms with Crippen molar-refractivity contribution < 1.29 is 37.0 Å². The number of nitrogens with one attached hydrogen (secondary N) is 2. The number of phenols is 1. The second-order valence-corrected chi connectivity index (χ2v) is 14.2. The molecular weight excluding hydrogens is 668 g/mol. The van der Waals surface area contributed by atoms with Crippen LogP contribution in [0.2, 0.25) is 0 Å². The van der Waals surface area contributed by atoms with Gasteiger partial charge in [-0.15, -0.1) is 0 Å². The van der Waals surface area contributed by atoms with Gasteiger partial charge in [-0.2, -0.15) is 0 Å². The summed E-state index contributed by atoms with van der Waals surface area (Å²) < 4.78 is 52.0. The molecule has 5 aromatic carbocycles. The molecule has 0 saturated heterocycles. The van der Waals surface area contributed by atoms with E-state index in [0.717, 1.165) is 33.6 Å². The number of rotatable bonds is 12. The second kappa shape index (κ2) is 15.3. The van der Waals surface area contributed by atoms with Crippen molar-refractivity contribution in [2.24, 2.45) is 0 Å². The Kier molecular flexibility index (Phi) is 10.9. The molecule has 0 heterocycles. The molecule has 0 aliphatic rings. The highest BCUT2D eigenvalue weighted by Crippen LogP contribution is 2.39. The number of sulfone groups is 1. The lowest BCUT2D eigenvalue weighted by molar-refractivity contribution is -0.115. The van der Waals surface area contributed by atoms with Crippen LogP contribution in [0.5, 0.6) is 23.0 Å². The van der Waals surface area contributed by atoms with Gasteiger partial charge in [0.15, 0.2) is 15.6 Å². The van der Waals surface area contributed by atoms with Gasteiger partial charge in [0.1, 0.15) is 28.3 Å². The maximum Gasteiger partial charge on any atom is 0.255 e. The minimum Gasteiger partial charge on any atom is -0.506 e. The van der Waals surface area contributed by atoms with Crippen molar-refractivity contribution in [1.29, 1.82) is 0 Å². The monoisotopic (exact) mass is 700 g/mol. The van der Waals surface area contributed by atoms with Crippen molar-refractivity contribution in [2.45, 2.75) is 40.2 Å². The minimum atomic E-state index is -4.14. The fourth-order valence-electron chi connectivity index (χ4n) is 4.85. The Labute approximate surface area is 288 Å². The van der Waals surface area contributed by atoms with Crippen LogP contribution < -0.4 is 20.1 Å². The molecule has 1 atom stereocenters. The van der Waals surface area contributed by atoms with Crippen molar-refractivity contribution in [2.75, 3.05) is 17.7 Å². The lowest BCUT2D eigenvalue weighted by Crippen LogP contribution is -2.34. The number of hydrogen-bond acceptors (Lipinski definition) is 8. The number of benzene rings is 5. The molecule has 0 aliphatic carbocycles. The fourth-order valence-corrected chi connectivity index (χ4v) is 7.41. The Hall–Kier alpha value is -5.33. The summed E-state index contributed by atoms with van der Waals surface area (Å²) in [6, 6.07) is 28.1. The third-order valence-electron chi connectivity index (χ3n) is 7.41. The van der Waals surface area contributed by atoms with Crippen LogP contribution >= 0.6 is 11.8 Å². The SMILES string of the molecule is CCC(C(=O)Nc1cc(O)c(NC(=O)c2ccc(F)cc2)cc1Oc1ccc(OC)cc1)S(=O)(=O)c1ccc(Sc2cccc(C)c2)cc1. The molecule has 12 heteroatoms. The molecular formula is C37H33FN2O7S2. The zero-order valence-electron chi connectivity index (χ0n) is 26.8. The average molecular weight is 701 g/mol. The number of methoxy groups -OCH3 is 1. The maximum atomic E-state index is 13.7. The highest BCUT2D eigenvalue weighted by atomic mass is 32.2. The van der Waals surface area contributed by atoms with E-state index in [2.05, 4.69) is 10.6 Å². The van der Waals surface area contributed by atoms with Gasteiger partial charge in [-0.1, -0.05) is 36.4 Å². The second-order valence-electron chi connectivity index (χ2n) is 10.9. The number of aromatic hydroxyl groups is 1. The summed E-state index contributed by atoms with van der Waals surface area (Å²) in [6.07, 6.45) is -0.0412. The van der Waals surface area contributed by atoms with Crippen LogP contribution in [0.1, 0.15) is 29.3 Å². The smallest absolute Gasteiger partial charge is 0.255 e. The van der Waals surface area contributed by atoms with Crippen LogP contribution in [0.3, 0.4) is 0 Å². The lowest BCUT2D eigenvalue weighted by atomic mass is 10.2. The number of halogens is 1. The van der Waals surface area contributed by atoms with Gasteiger partial charge < -0.3 is 25.2 Å². The molecule has 0 saturated carbocycles. The van der Waals surface area contributed by atoms with E-state index in [1.807, 2.05) is 31.2 Å². The standard InChI is InChI=1S/C37H33FN2O7S2/c1-4-35(49(44,45)30-18-16-28(17-19-30)48-29-7-5-6-23(2)20-29)37(43)40-32-21-33(41)31(39-36(42)24-8-10-25(38)11-9-24)22-34(32)47-27-14-12-26(46-3)13-15-27/h5-22,35,41H,4H2,1-3H3,(H,39,42)(H,40,43). The van der Waals surface area contributed by atoms with Gasteiger partial charge in [-0.25, -0.2) is 12.8 Å². The fraction of sp³-hybridized carbons (Fsp3) is 0.135. The van der Waals surface area contributed by atoms with Gasteiger partial charge in [-0.05, 0) is 98.3 Å². The molecule has 5 aromatic rings. The summed E-state index contributed by atoms with van der Waals surface area (Å²) in [7, 11) is -2.63. The Bertz CT molecular complexity index is 2070. The molecule has 0 aromatic heterocycles. The molecule has 49 heavy (non-hydrogen) atoms. The summed E-state index contributed by atoms with van der Waals surface area (Å²) in [5.41, 5.74) is 1.13. The normalized spacial score (nSPS) is 11.8. The zero-order valence-corrected chi connectivity index (χ0v) is 28.4. The Morgan fingerprint density at radius 1 is 0.837 bits per heavy atom. The van der Waals surface area contributed by atoms with Crippen LogP contribution in [0.25, 0.3) is 0 Å². The number of carbonyl (C=O) groups excluding carboxylic acids is 2. The van der Waals surface area contributed by atoms with Gasteiger partial charge >= 0.3 is 0 Å². The van der Waals surface area contributed by atoms with E-state index in [4.69, 9.17) is 9.47 Å². The lowest BCUT2D eigenvalue weighted by Gasteiger charge is -2.19. The maximum absolute atomic E-state index is 13.7. The Morgan fingerprint density at radius 2 is 1.51 bits per heavy atom. The summed E-state index contributed by atoms with van der Waals surface area (Å²) in [6.45, 7) is 3.58. The molecule has 9 nitrogen and oxygen atoms in total. The summed E-state index contributed by atoms with van der Waals surface area (Å²) in [5.74, 6) is -1.56. The molecule has 0 spiro atoms. The molecule has 3 N–H and O–H groups in total. The van der Waals surface area contributed by atoms with E-state index in [1.165, 1.54) is 49.2 Å². The number of carbonyl (C=O) groups is 2. The Balaban J connectivity index is 1.41. The van der Waals surface area contributed by atoms with Gasteiger partial charge in [-0.3, -0.25) is 9.59 Å². The van der Waals surface area contributed by atoms with Gasteiger partial charge in [0.05, 0.1) is 23.4 Å². The van der Waals surface area contributed by atoms with Crippen LogP contribution in [-0.4, -0.2) is 37.7 Å². The van der Waals surface area contributed by atoms with Crippen LogP contribution in [0.4, 0.5) is 15.8 Å². The number of amides is 2. The van der Waals surface area contributed by atoms with Gasteiger partial charge in [0.2, 0.25) is 5.91 Å². The molecule has 5 rings (SSSR count). The highest BCUT2D eigenvalue weighted by molar-refractivity contribution is 7.99. The van der Waals surface area contributed by atoms with E-state index >= 15 is 0 Å². The van der Waals surface area contributed by atoms with Crippen molar-refractivity contribution in [3.05, 3.63) is 126 Å². The largest absolute Gasteiger partial charge is 0.506 e. The molecule has 1 unspecified atom stereocenters. The van der Waals surface area contributed by atoms with E-state index in [0.29, 0.717) is 11.5 Å². The highest BCUT2D eigenvalue weighted by Gasteiger charge is 2.33. The topological polar surface area (TPSA) is 131 Å². The molecule has 0 aliphatic heterocycles. The first-order chi connectivity index (χ1) is 23.5. The number of phenolic OH excluding ortho intramolecular Hbond substituents is 1. The van der Waals surface area contributed by atoms with Gasteiger partial charge in [0, 0.05) is 27.5 Å². The van der Waals surface area contributed by atoms with Crippen molar-refractivity contribution in [3.8, 4) is 23.0 Å². The quantitative estimate of drug-likeness (QED) is 0.111. The van der Waals surface area contributed by atoms with Crippen LogP contribution in [0, 0.1) is 12.7 Å². The number of anilines is 2. The van der Waals surface area contributed by atoms with Crippen LogP contribution in [-0.2, 0) is 14.6 Å².